The Morgan fingerprint density at radius 2 is 2.27 bits per heavy atom. The number of carboxylic acids is 1. The molecule has 0 saturated carbocycles. The molecule has 1 fully saturated rings. The second-order valence-electron chi connectivity index (χ2n) is 3.42. The van der Waals surface area contributed by atoms with Gasteiger partial charge in [-0.25, -0.2) is 8.42 Å². The summed E-state index contributed by atoms with van der Waals surface area (Å²) in [5.74, 6) is -1.15. The first-order valence-corrected chi connectivity index (χ1v) is 6.04. The van der Waals surface area contributed by atoms with Crippen molar-refractivity contribution in [3.8, 4) is 6.07 Å². The summed E-state index contributed by atoms with van der Waals surface area (Å²) in [4.78, 5) is 10.8. The predicted molar refractivity (Wildman–Crippen MR) is 51.4 cm³/mol. The fourth-order valence-electron chi connectivity index (χ4n) is 1.56. The molecule has 1 rings (SSSR count). The lowest BCUT2D eigenvalue weighted by Gasteiger charge is -2.21. The van der Waals surface area contributed by atoms with Crippen molar-refractivity contribution in [3.05, 3.63) is 0 Å². The van der Waals surface area contributed by atoms with E-state index in [0.29, 0.717) is 12.8 Å². The van der Waals surface area contributed by atoms with Crippen LogP contribution in [0.25, 0.3) is 0 Å². The van der Waals surface area contributed by atoms with Gasteiger partial charge in [0.25, 0.3) is 0 Å². The van der Waals surface area contributed by atoms with E-state index in [1.54, 1.807) is 6.07 Å². The molecular formula is C8H12N2O4S. The molecule has 15 heavy (non-hydrogen) atoms. The van der Waals surface area contributed by atoms with Gasteiger partial charge >= 0.3 is 5.97 Å². The smallest absolute Gasteiger partial charge is 0.322 e. The molecule has 6 nitrogen and oxygen atoms in total. The number of carbonyl (C=O) groups is 1. The number of sulfonamides is 1. The molecule has 0 aromatic heterocycles. The molecule has 1 aliphatic heterocycles. The Balaban J connectivity index is 2.98. The van der Waals surface area contributed by atoms with Crippen molar-refractivity contribution < 1.29 is 18.3 Å². The van der Waals surface area contributed by atoms with Gasteiger partial charge in [0.1, 0.15) is 6.04 Å². The molecule has 1 aliphatic rings. The monoisotopic (exact) mass is 232 g/mol. The van der Waals surface area contributed by atoms with E-state index in [-0.39, 0.29) is 6.54 Å². The van der Waals surface area contributed by atoms with Crippen molar-refractivity contribution >= 4 is 16.0 Å². The Labute approximate surface area is 88.2 Å². The van der Waals surface area contributed by atoms with E-state index in [1.165, 1.54) is 6.92 Å². The number of nitriles is 1. The van der Waals surface area contributed by atoms with Crippen LogP contribution in [0, 0.1) is 11.3 Å². The second kappa shape index (κ2) is 4.16. The number of carboxylic acid groups (broad SMARTS) is 1. The van der Waals surface area contributed by atoms with E-state index in [0.717, 1.165) is 4.31 Å². The van der Waals surface area contributed by atoms with Crippen LogP contribution in [0.2, 0.25) is 0 Å². The van der Waals surface area contributed by atoms with E-state index in [4.69, 9.17) is 10.4 Å². The number of hydrogen-bond acceptors (Lipinski definition) is 4. The molecule has 7 heteroatoms. The van der Waals surface area contributed by atoms with Gasteiger partial charge in [0.05, 0.1) is 6.07 Å². The molecule has 0 aromatic carbocycles. The third kappa shape index (κ3) is 2.11. The van der Waals surface area contributed by atoms with Crippen LogP contribution < -0.4 is 0 Å². The average molecular weight is 232 g/mol. The van der Waals surface area contributed by atoms with Gasteiger partial charge in [-0.15, -0.1) is 0 Å². The zero-order chi connectivity index (χ0) is 11.6. The Kier molecular flexibility index (Phi) is 3.31. The molecule has 0 amide bonds. The maximum Gasteiger partial charge on any atom is 0.322 e. The van der Waals surface area contributed by atoms with E-state index in [1.807, 2.05) is 0 Å². The minimum absolute atomic E-state index is 0.186. The van der Waals surface area contributed by atoms with Crippen LogP contribution in [0.4, 0.5) is 0 Å². The fraction of sp³-hybridized carbons (Fsp3) is 0.750. The highest BCUT2D eigenvalue weighted by atomic mass is 32.2. The first kappa shape index (κ1) is 11.9. The first-order valence-electron chi connectivity index (χ1n) is 4.54. The van der Waals surface area contributed by atoms with Crippen molar-refractivity contribution in [2.24, 2.45) is 0 Å². The van der Waals surface area contributed by atoms with E-state index >= 15 is 0 Å². The van der Waals surface area contributed by atoms with Gasteiger partial charge in [-0.3, -0.25) is 4.79 Å². The van der Waals surface area contributed by atoms with E-state index < -0.39 is 27.3 Å². The van der Waals surface area contributed by atoms with Gasteiger partial charge in [-0.05, 0) is 19.8 Å². The topological polar surface area (TPSA) is 98.5 Å². The molecule has 0 bridgehead atoms. The van der Waals surface area contributed by atoms with Crippen LogP contribution in [0.3, 0.4) is 0 Å². The van der Waals surface area contributed by atoms with Gasteiger partial charge in [0.2, 0.25) is 10.0 Å². The summed E-state index contributed by atoms with van der Waals surface area (Å²) in [6.07, 6.45) is 0.834. The summed E-state index contributed by atoms with van der Waals surface area (Å²) < 4.78 is 24.4. The first-order chi connectivity index (χ1) is 6.91. The van der Waals surface area contributed by atoms with Crippen LogP contribution in [0.15, 0.2) is 0 Å². The molecule has 0 radical (unpaired) electrons. The molecule has 0 aliphatic carbocycles. The molecular weight excluding hydrogens is 220 g/mol. The van der Waals surface area contributed by atoms with Crippen molar-refractivity contribution in [1.82, 2.24) is 4.31 Å². The van der Waals surface area contributed by atoms with Crippen LogP contribution in [-0.2, 0) is 14.8 Å². The third-order valence-corrected chi connectivity index (χ3v) is 4.53. The molecule has 0 aromatic rings. The Morgan fingerprint density at radius 3 is 2.73 bits per heavy atom. The normalized spacial score (nSPS) is 24.7. The Bertz CT molecular complexity index is 397. The molecule has 1 unspecified atom stereocenters. The maximum atomic E-state index is 11.7. The zero-order valence-electron chi connectivity index (χ0n) is 8.25. The summed E-state index contributed by atoms with van der Waals surface area (Å²) >= 11 is 0. The largest absolute Gasteiger partial charge is 0.480 e. The summed E-state index contributed by atoms with van der Waals surface area (Å²) in [6.45, 7) is 1.44. The van der Waals surface area contributed by atoms with Gasteiger partial charge in [0, 0.05) is 6.54 Å². The third-order valence-electron chi connectivity index (χ3n) is 2.44. The van der Waals surface area contributed by atoms with Gasteiger partial charge in [0.15, 0.2) is 5.25 Å². The fourth-order valence-corrected chi connectivity index (χ4v) is 3.03. The highest BCUT2D eigenvalue weighted by molar-refractivity contribution is 7.90. The van der Waals surface area contributed by atoms with Crippen LogP contribution >= 0.6 is 0 Å². The van der Waals surface area contributed by atoms with Crippen LogP contribution in [-0.4, -0.2) is 41.6 Å². The maximum absolute atomic E-state index is 11.7. The van der Waals surface area contributed by atoms with Crippen LogP contribution in [0.1, 0.15) is 19.8 Å². The predicted octanol–water partition coefficient (Wildman–Crippen LogP) is -0.223. The number of rotatable bonds is 3. The Hall–Kier alpha value is -1.13. The average Bonchev–Trinajstić information content (AvgIpc) is 2.65. The SMILES string of the molecule is CC(C#N)S(=O)(=O)N1CCC[C@H]1C(=O)O. The summed E-state index contributed by atoms with van der Waals surface area (Å²) in [6, 6.07) is 0.610. The minimum Gasteiger partial charge on any atom is -0.480 e. The van der Waals surface area contributed by atoms with Gasteiger partial charge in [-0.1, -0.05) is 0 Å². The number of hydrogen-bond donors (Lipinski definition) is 1. The van der Waals surface area contributed by atoms with Crippen molar-refractivity contribution in [2.75, 3.05) is 6.54 Å². The summed E-state index contributed by atoms with van der Waals surface area (Å²) in [5.41, 5.74) is 0. The lowest BCUT2D eigenvalue weighted by atomic mass is 10.2. The van der Waals surface area contributed by atoms with Crippen LogP contribution in [0.5, 0.6) is 0 Å². The number of nitrogens with zero attached hydrogens (tertiary/aromatic N) is 2. The van der Waals surface area contributed by atoms with Crippen molar-refractivity contribution in [1.29, 1.82) is 5.26 Å². The highest BCUT2D eigenvalue weighted by Crippen LogP contribution is 2.23. The lowest BCUT2D eigenvalue weighted by molar-refractivity contribution is -0.140. The summed E-state index contributed by atoms with van der Waals surface area (Å²) in [7, 11) is -3.79. The highest BCUT2D eigenvalue weighted by Gasteiger charge is 2.41. The van der Waals surface area contributed by atoms with Crippen molar-refractivity contribution in [3.63, 3.8) is 0 Å². The van der Waals surface area contributed by atoms with E-state index in [2.05, 4.69) is 0 Å². The molecule has 1 saturated heterocycles. The quantitative estimate of drug-likeness (QED) is 0.725. The number of aliphatic carboxylic acids is 1. The molecule has 0 spiro atoms. The van der Waals surface area contributed by atoms with Crippen molar-refractivity contribution in [2.45, 2.75) is 31.1 Å². The molecule has 2 atom stereocenters. The Morgan fingerprint density at radius 1 is 1.67 bits per heavy atom. The standard InChI is InChI=1S/C8H12N2O4S/c1-6(5-9)15(13,14)10-4-2-3-7(10)8(11)12/h6-7H,2-4H2,1H3,(H,11,12)/t6?,7-/m0/s1. The lowest BCUT2D eigenvalue weighted by Crippen LogP contribution is -2.43. The molecule has 84 valence electrons. The van der Waals surface area contributed by atoms with Gasteiger partial charge in [-0.2, -0.15) is 9.57 Å². The molecule has 1 heterocycles. The van der Waals surface area contributed by atoms with E-state index in [9.17, 15) is 13.2 Å². The second-order valence-corrected chi connectivity index (χ2v) is 5.63. The zero-order valence-corrected chi connectivity index (χ0v) is 9.07. The minimum atomic E-state index is -3.79. The van der Waals surface area contributed by atoms with Gasteiger partial charge < -0.3 is 5.11 Å². The summed E-state index contributed by atoms with van der Waals surface area (Å²) in [5, 5.41) is 16.2. The molecule has 1 N–H and O–H groups in total.